The van der Waals surface area contributed by atoms with Gasteiger partial charge in [-0.3, -0.25) is 4.98 Å². The molecule has 0 atom stereocenters. The molecule has 0 fully saturated rings. The molecule has 6 heteroatoms. The number of nitrogens with zero attached hydrogens (tertiary/aromatic N) is 2. The van der Waals surface area contributed by atoms with E-state index in [0.717, 1.165) is 37.2 Å². The molecule has 106 valence electrons. The molecule has 0 aliphatic rings. The van der Waals surface area contributed by atoms with Crippen molar-refractivity contribution in [3.05, 3.63) is 58.1 Å². The highest BCUT2D eigenvalue weighted by molar-refractivity contribution is 9.10. The SMILES string of the molecule is Nc1ccc(Br)cc1SCc1csc(-c2ccccn2)n1. The molecule has 0 radical (unpaired) electrons. The quantitative estimate of drug-likeness (QED) is 0.521. The molecule has 0 bridgehead atoms. The fraction of sp³-hybridized carbons (Fsp3) is 0.0667. The van der Waals surface area contributed by atoms with Crippen LogP contribution in [0.1, 0.15) is 5.69 Å². The lowest BCUT2D eigenvalue weighted by Gasteiger charge is -2.04. The van der Waals surface area contributed by atoms with Crippen LogP contribution in [-0.2, 0) is 5.75 Å². The molecule has 0 aliphatic carbocycles. The maximum atomic E-state index is 5.98. The van der Waals surface area contributed by atoms with Gasteiger partial charge in [0.05, 0.1) is 11.4 Å². The smallest absolute Gasteiger partial charge is 0.142 e. The van der Waals surface area contributed by atoms with Crippen LogP contribution in [0, 0.1) is 0 Å². The number of hydrogen-bond donors (Lipinski definition) is 1. The number of benzene rings is 1. The van der Waals surface area contributed by atoms with Gasteiger partial charge in [0.25, 0.3) is 0 Å². The van der Waals surface area contributed by atoms with E-state index < -0.39 is 0 Å². The predicted octanol–water partition coefficient (Wildman–Crippen LogP) is 4.84. The van der Waals surface area contributed by atoms with E-state index in [0.29, 0.717) is 0 Å². The lowest BCUT2D eigenvalue weighted by molar-refractivity contribution is 1.21. The molecule has 0 saturated carbocycles. The number of pyridine rings is 1. The van der Waals surface area contributed by atoms with Gasteiger partial charge in [0.15, 0.2) is 0 Å². The zero-order valence-corrected chi connectivity index (χ0v) is 14.2. The molecule has 3 rings (SSSR count). The third kappa shape index (κ3) is 3.64. The van der Waals surface area contributed by atoms with E-state index in [1.807, 2.05) is 36.4 Å². The van der Waals surface area contributed by atoms with Crippen molar-refractivity contribution in [2.75, 3.05) is 5.73 Å². The van der Waals surface area contributed by atoms with Crippen molar-refractivity contribution in [1.29, 1.82) is 0 Å². The van der Waals surface area contributed by atoms with E-state index in [1.54, 1.807) is 29.3 Å². The van der Waals surface area contributed by atoms with Crippen molar-refractivity contribution in [3.8, 4) is 10.7 Å². The highest BCUT2D eigenvalue weighted by Gasteiger charge is 2.07. The largest absolute Gasteiger partial charge is 0.398 e. The number of thioether (sulfide) groups is 1. The summed E-state index contributed by atoms with van der Waals surface area (Å²) in [7, 11) is 0. The van der Waals surface area contributed by atoms with Gasteiger partial charge in [0.1, 0.15) is 5.01 Å². The number of anilines is 1. The summed E-state index contributed by atoms with van der Waals surface area (Å²) in [6.07, 6.45) is 1.79. The van der Waals surface area contributed by atoms with Crippen molar-refractivity contribution >= 4 is 44.7 Å². The molecule has 3 nitrogen and oxygen atoms in total. The standard InChI is InChI=1S/C15H12BrN3S2/c16-10-4-5-12(17)14(7-10)20-8-11-9-21-15(19-11)13-3-1-2-6-18-13/h1-7,9H,8,17H2. The van der Waals surface area contributed by atoms with E-state index in [1.165, 1.54) is 0 Å². The predicted molar refractivity (Wildman–Crippen MR) is 93.5 cm³/mol. The van der Waals surface area contributed by atoms with Crippen LogP contribution >= 0.6 is 39.0 Å². The number of rotatable bonds is 4. The van der Waals surface area contributed by atoms with Gasteiger partial charge in [0, 0.05) is 32.4 Å². The summed E-state index contributed by atoms with van der Waals surface area (Å²) in [5, 5.41) is 3.03. The average Bonchev–Trinajstić information content (AvgIpc) is 2.98. The summed E-state index contributed by atoms with van der Waals surface area (Å²) in [5.74, 6) is 0.796. The Labute approximate surface area is 139 Å². The zero-order valence-electron chi connectivity index (χ0n) is 11.0. The van der Waals surface area contributed by atoms with Gasteiger partial charge >= 0.3 is 0 Å². The minimum Gasteiger partial charge on any atom is -0.398 e. The molecular weight excluding hydrogens is 366 g/mol. The van der Waals surface area contributed by atoms with Gasteiger partial charge in [-0.15, -0.1) is 23.1 Å². The van der Waals surface area contributed by atoms with Gasteiger partial charge in [-0.05, 0) is 30.3 Å². The summed E-state index contributed by atoms with van der Waals surface area (Å²) in [6, 6.07) is 11.7. The minimum absolute atomic E-state index is 0.795. The molecule has 0 saturated heterocycles. The van der Waals surface area contributed by atoms with Crippen molar-refractivity contribution in [2.24, 2.45) is 0 Å². The topological polar surface area (TPSA) is 51.8 Å². The first kappa shape index (κ1) is 14.6. The first-order valence-corrected chi connectivity index (χ1v) is 8.92. The normalized spacial score (nSPS) is 10.7. The molecule has 0 amide bonds. The third-order valence-corrected chi connectivity index (χ3v) is 5.30. The zero-order chi connectivity index (χ0) is 14.7. The number of halogens is 1. The second kappa shape index (κ2) is 6.60. The number of aromatic nitrogens is 2. The van der Waals surface area contributed by atoms with Crippen LogP contribution in [-0.4, -0.2) is 9.97 Å². The summed E-state index contributed by atoms with van der Waals surface area (Å²) in [5.41, 5.74) is 8.74. The van der Waals surface area contributed by atoms with Gasteiger partial charge in [-0.25, -0.2) is 4.98 Å². The van der Waals surface area contributed by atoms with Crippen LogP contribution in [0.3, 0.4) is 0 Å². The Morgan fingerprint density at radius 1 is 1.24 bits per heavy atom. The van der Waals surface area contributed by atoms with Crippen molar-refractivity contribution in [3.63, 3.8) is 0 Å². The summed E-state index contributed by atoms with van der Waals surface area (Å²) >= 11 is 6.78. The lowest BCUT2D eigenvalue weighted by atomic mass is 10.3. The van der Waals surface area contributed by atoms with E-state index in [4.69, 9.17) is 5.73 Å². The molecule has 0 spiro atoms. The monoisotopic (exact) mass is 377 g/mol. The van der Waals surface area contributed by atoms with E-state index in [-0.39, 0.29) is 0 Å². The van der Waals surface area contributed by atoms with Gasteiger partial charge < -0.3 is 5.73 Å². The second-order valence-electron chi connectivity index (χ2n) is 4.33. The van der Waals surface area contributed by atoms with E-state index in [9.17, 15) is 0 Å². The molecule has 21 heavy (non-hydrogen) atoms. The molecule has 2 N–H and O–H groups in total. The molecule has 2 aromatic heterocycles. The Hall–Kier alpha value is -1.37. The Morgan fingerprint density at radius 3 is 2.95 bits per heavy atom. The average molecular weight is 378 g/mol. The van der Waals surface area contributed by atoms with E-state index >= 15 is 0 Å². The van der Waals surface area contributed by atoms with Gasteiger partial charge in [0.2, 0.25) is 0 Å². The minimum atomic E-state index is 0.795. The summed E-state index contributed by atoms with van der Waals surface area (Å²) < 4.78 is 1.03. The fourth-order valence-corrected chi connectivity index (χ4v) is 4.07. The maximum absolute atomic E-state index is 5.98. The summed E-state index contributed by atoms with van der Waals surface area (Å²) in [6.45, 7) is 0. The highest BCUT2D eigenvalue weighted by atomic mass is 79.9. The molecule has 2 heterocycles. The number of thiazole rings is 1. The molecule has 1 aromatic carbocycles. The maximum Gasteiger partial charge on any atom is 0.142 e. The van der Waals surface area contributed by atoms with Crippen LogP contribution in [0.25, 0.3) is 10.7 Å². The van der Waals surface area contributed by atoms with Crippen LogP contribution in [0.15, 0.2) is 57.3 Å². The van der Waals surface area contributed by atoms with E-state index in [2.05, 4.69) is 31.3 Å². The Kier molecular flexibility index (Phi) is 4.57. The first-order valence-electron chi connectivity index (χ1n) is 6.26. The first-order chi connectivity index (χ1) is 10.2. The van der Waals surface area contributed by atoms with Crippen molar-refractivity contribution in [2.45, 2.75) is 10.6 Å². The van der Waals surface area contributed by atoms with Crippen LogP contribution in [0.5, 0.6) is 0 Å². The molecular formula is C15H12BrN3S2. The molecule has 3 aromatic rings. The van der Waals surface area contributed by atoms with Crippen LogP contribution in [0.2, 0.25) is 0 Å². The van der Waals surface area contributed by atoms with Gasteiger partial charge in [-0.1, -0.05) is 22.0 Å². The highest BCUT2D eigenvalue weighted by Crippen LogP contribution is 2.32. The van der Waals surface area contributed by atoms with Gasteiger partial charge in [-0.2, -0.15) is 0 Å². The van der Waals surface area contributed by atoms with Crippen LogP contribution < -0.4 is 5.73 Å². The Morgan fingerprint density at radius 2 is 2.14 bits per heavy atom. The third-order valence-electron chi connectivity index (χ3n) is 2.79. The molecule has 0 aliphatic heterocycles. The van der Waals surface area contributed by atoms with Crippen molar-refractivity contribution < 1.29 is 0 Å². The number of nitrogens with two attached hydrogens (primary N) is 1. The number of nitrogen functional groups attached to an aromatic ring is 1. The summed E-state index contributed by atoms with van der Waals surface area (Å²) in [4.78, 5) is 10.0. The Bertz CT molecular complexity index is 744. The fourth-order valence-electron chi connectivity index (χ4n) is 1.77. The Balaban J connectivity index is 1.72. The van der Waals surface area contributed by atoms with Crippen molar-refractivity contribution in [1.82, 2.24) is 9.97 Å². The number of hydrogen-bond acceptors (Lipinski definition) is 5. The van der Waals surface area contributed by atoms with Crippen LogP contribution in [0.4, 0.5) is 5.69 Å². The second-order valence-corrected chi connectivity index (χ2v) is 7.12. The lowest BCUT2D eigenvalue weighted by Crippen LogP contribution is -1.89. The molecule has 0 unspecified atom stereocenters.